The third kappa shape index (κ3) is 6.13. The molecule has 0 aliphatic heterocycles. The van der Waals surface area contributed by atoms with Gasteiger partial charge in [-0.1, -0.05) is 6.92 Å². The third-order valence-electron chi connectivity index (χ3n) is 4.01. The molecule has 0 aromatic rings. The molecular weight excluding hydrogens is 255 g/mol. The summed E-state index contributed by atoms with van der Waals surface area (Å²) >= 11 is 0. The molecule has 19 heavy (non-hydrogen) atoms. The van der Waals surface area contributed by atoms with E-state index in [1.54, 1.807) is 7.11 Å². The molecule has 114 valence electrons. The summed E-state index contributed by atoms with van der Waals surface area (Å²) in [5, 5.41) is 3.37. The number of rotatable bonds is 9. The zero-order valence-corrected chi connectivity index (χ0v) is 12.0. The highest BCUT2D eigenvalue weighted by Crippen LogP contribution is 2.39. The molecule has 0 spiro atoms. The van der Waals surface area contributed by atoms with Crippen molar-refractivity contribution in [2.45, 2.75) is 76.1 Å². The van der Waals surface area contributed by atoms with Gasteiger partial charge < -0.3 is 10.1 Å². The van der Waals surface area contributed by atoms with E-state index in [-0.39, 0.29) is 18.1 Å². The molecule has 1 N–H and O–H groups in total. The lowest BCUT2D eigenvalue weighted by atomic mass is 9.75. The van der Waals surface area contributed by atoms with Gasteiger partial charge in [-0.05, 0) is 51.5 Å². The Bertz CT molecular complexity index is 246. The third-order valence-corrected chi connectivity index (χ3v) is 4.01. The second kappa shape index (κ2) is 7.48. The molecule has 1 fully saturated rings. The van der Waals surface area contributed by atoms with Crippen LogP contribution in [-0.4, -0.2) is 31.5 Å². The molecule has 0 amide bonds. The van der Waals surface area contributed by atoms with Gasteiger partial charge in [-0.25, -0.2) is 0 Å². The highest BCUT2D eigenvalue weighted by Gasteiger charge is 2.39. The van der Waals surface area contributed by atoms with Crippen LogP contribution in [0, 0.1) is 0 Å². The first kappa shape index (κ1) is 16.8. The van der Waals surface area contributed by atoms with Gasteiger partial charge in [0.2, 0.25) is 0 Å². The second-order valence-electron chi connectivity index (χ2n) is 5.60. The van der Waals surface area contributed by atoms with Crippen LogP contribution in [0.4, 0.5) is 13.2 Å². The molecule has 0 bridgehead atoms. The molecule has 1 saturated carbocycles. The van der Waals surface area contributed by atoms with Crippen LogP contribution in [0.5, 0.6) is 0 Å². The number of methoxy groups -OCH3 is 1. The Morgan fingerprint density at radius 2 is 2.00 bits per heavy atom. The highest BCUT2D eigenvalue weighted by molar-refractivity contribution is 4.93. The van der Waals surface area contributed by atoms with E-state index in [0.29, 0.717) is 6.42 Å². The molecule has 1 unspecified atom stereocenters. The molecule has 1 aliphatic carbocycles. The molecule has 1 rings (SSSR count). The molecular formula is C14H26F3NO. The quantitative estimate of drug-likeness (QED) is 0.688. The second-order valence-corrected chi connectivity index (χ2v) is 5.60. The van der Waals surface area contributed by atoms with Crippen molar-refractivity contribution in [2.75, 3.05) is 13.7 Å². The van der Waals surface area contributed by atoms with Gasteiger partial charge in [0.25, 0.3) is 0 Å². The number of alkyl halides is 3. The SMILES string of the molecule is CCCNC(CCCC(F)(F)F)CC1(OC)CCC1. The molecule has 0 aromatic carbocycles. The lowest BCUT2D eigenvalue weighted by Gasteiger charge is -2.43. The Kier molecular flexibility index (Phi) is 6.60. The standard InChI is InChI=1S/C14H26F3NO/c1-3-10-18-12(6-4-9-14(15,16)17)11-13(19-2)7-5-8-13/h12,18H,3-11H2,1-2H3. The van der Waals surface area contributed by atoms with Crippen molar-refractivity contribution in [1.82, 2.24) is 5.32 Å². The van der Waals surface area contributed by atoms with Crippen LogP contribution in [0.25, 0.3) is 0 Å². The van der Waals surface area contributed by atoms with E-state index in [0.717, 1.165) is 38.6 Å². The molecule has 0 aromatic heterocycles. The molecule has 0 radical (unpaired) electrons. The summed E-state index contributed by atoms with van der Waals surface area (Å²) in [5.74, 6) is 0. The Morgan fingerprint density at radius 3 is 2.42 bits per heavy atom. The van der Waals surface area contributed by atoms with Crippen LogP contribution in [0.15, 0.2) is 0 Å². The van der Waals surface area contributed by atoms with Crippen LogP contribution in [0.3, 0.4) is 0 Å². The van der Waals surface area contributed by atoms with E-state index >= 15 is 0 Å². The number of hydrogen-bond acceptors (Lipinski definition) is 2. The van der Waals surface area contributed by atoms with Gasteiger partial charge in [0.15, 0.2) is 0 Å². The van der Waals surface area contributed by atoms with Crippen LogP contribution >= 0.6 is 0 Å². The van der Waals surface area contributed by atoms with Crippen molar-refractivity contribution in [3.63, 3.8) is 0 Å². The number of nitrogens with one attached hydrogen (secondary N) is 1. The minimum Gasteiger partial charge on any atom is -0.378 e. The lowest BCUT2D eigenvalue weighted by molar-refractivity contribution is -0.136. The highest BCUT2D eigenvalue weighted by atomic mass is 19.4. The zero-order valence-electron chi connectivity index (χ0n) is 12.0. The summed E-state index contributed by atoms with van der Waals surface area (Å²) in [4.78, 5) is 0. The summed E-state index contributed by atoms with van der Waals surface area (Å²) in [6, 6.07) is 0.141. The predicted octanol–water partition coefficient (Wildman–Crippen LogP) is 4.05. The molecule has 2 nitrogen and oxygen atoms in total. The van der Waals surface area contributed by atoms with E-state index in [1.165, 1.54) is 0 Å². The topological polar surface area (TPSA) is 21.3 Å². The Morgan fingerprint density at radius 1 is 1.32 bits per heavy atom. The maximum absolute atomic E-state index is 12.2. The van der Waals surface area contributed by atoms with Gasteiger partial charge in [0, 0.05) is 19.6 Å². The fourth-order valence-electron chi connectivity index (χ4n) is 2.69. The average molecular weight is 281 g/mol. The van der Waals surface area contributed by atoms with Crippen LogP contribution in [0.2, 0.25) is 0 Å². The first-order valence-electron chi connectivity index (χ1n) is 7.26. The first-order chi connectivity index (χ1) is 8.91. The maximum Gasteiger partial charge on any atom is 0.389 e. The van der Waals surface area contributed by atoms with Gasteiger partial charge in [-0.2, -0.15) is 13.2 Å². The monoisotopic (exact) mass is 281 g/mol. The lowest BCUT2D eigenvalue weighted by Crippen LogP contribution is -2.46. The van der Waals surface area contributed by atoms with E-state index in [2.05, 4.69) is 12.2 Å². The summed E-state index contributed by atoms with van der Waals surface area (Å²) in [5.41, 5.74) is -0.0797. The van der Waals surface area contributed by atoms with Crippen LogP contribution in [0.1, 0.15) is 58.3 Å². The van der Waals surface area contributed by atoms with E-state index in [9.17, 15) is 13.2 Å². The number of halogens is 3. The van der Waals surface area contributed by atoms with Crippen molar-refractivity contribution in [3.8, 4) is 0 Å². The fraction of sp³-hybridized carbons (Fsp3) is 1.00. The van der Waals surface area contributed by atoms with Gasteiger partial charge in [0.1, 0.15) is 0 Å². The van der Waals surface area contributed by atoms with E-state index in [4.69, 9.17) is 4.74 Å². The average Bonchev–Trinajstić information content (AvgIpc) is 2.28. The fourth-order valence-corrected chi connectivity index (χ4v) is 2.69. The molecule has 1 atom stereocenters. The Hall–Kier alpha value is -0.290. The molecule has 0 heterocycles. The van der Waals surface area contributed by atoms with E-state index in [1.807, 2.05) is 0 Å². The van der Waals surface area contributed by atoms with Crippen LogP contribution < -0.4 is 5.32 Å². The van der Waals surface area contributed by atoms with Gasteiger partial charge >= 0.3 is 6.18 Å². The molecule has 0 saturated heterocycles. The van der Waals surface area contributed by atoms with Gasteiger partial charge in [0.05, 0.1) is 5.60 Å². The number of hydrogen-bond donors (Lipinski definition) is 1. The molecule has 5 heteroatoms. The van der Waals surface area contributed by atoms with Crippen molar-refractivity contribution < 1.29 is 17.9 Å². The van der Waals surface area contributed by atoms with Crippen molar-refractivity contribution >= 4 is 0 Å². The minimum absolute atomic E-state index is 0.0797. The zero-order chi connectivity index (χ0) is 14.4. The van der Waals surface area contributed by atoms with E-state index < -0.39 is 12.6 Å². The maximum atomic E-state index is 12.2. The first-order valence-corrected chi connectivity index (χ1v) is 7.26. The largest absolute Gasteiger partial charge is 0.389 e. The summed E-state index contributed by atoms with van der Waals surface area (Å²) in [6.45, 7) is 2.92. The summed E-state index contributed by atoms with van der Waals surface area (Å²) < 4.78 is 42.2. The Labute approximate surface area is 114 Å². The summed E-state index contributed by atoms with van der Waals surface area (Å²) in [7, 11) is 1.71. The van der Waals surface area contributed by atoms with Crippen molar-refractivity contribution in [1.29, 1.82) is 0 Å². The van der Waals surface area contributed by atoms with Gasteiger partial charge in [-0.3, -0.25) is 0 Å². The van der Waals surface area contributed by atoms with Gasteiger partial charge in [-0.15, -0.1) is 0 Å². The normalized spacial score (nSPS) is 20.1. The van der Waals surface area contributed by atoms with Crippen molar-refractivity contribution in [3.05, 3.63) is 0 Å². The number of ether oxygens (including phenoxy) is 1. The summed E-state index contributed by atoms with van der Waals surface area (Å²) in [6.07, 6.45) is 1.12. The van der Waals surface area contributed by atoms with Crippen LogP contribution in [-0.2, 0) is 4.74 Å². The minimum atomic E-state index is -4.04. The Balaban J connectivity index is 2.38. The predicted molar refractivity (Wildman–Crippen MR) is 70.2 cm³/mol. The molecule has 1 aliphatic rings. The smallest absolute Gasteiger partial charge is 0.378 e. The van der Waals surface area contributed by atoms with Crippen molar-refractivity contribution in [2.24, 2.45) is 0 Å².